The molecule has 16 heteroatoms. The number of aliphatic hydroxyl groups is 1. The maximum Gasteiger partial charge on any atom is 0.472 e. The molecule has 0 aromatic rings. The second-order valence-corrected chi connectivity index (χ2v) is 9.81. The number of aliphatic hydroxyl groups excluding tert-OH is 1. The van der Waals surface area contributed by atoms with Crippen molar-refractivity contribution in [1.29, 1.82) is 0 Å². The van der Waals surface area contributed by atoms with Crippen LogP contribution in [-0.4, -0.2) is 70.3 Å². The highest BCUT2D eigenvalue weighted by Gasteiger charge is 2.33. The molecule has 5 N–H and O–H groups in total. The van der Waals surface area contributed by atoms with Crippen molar-refractivity contribution in [3.05, 3.63) is 0 Å². The van der Waals surface area contributed by atoms with Crippen molar-refractivity contribution in [2.24, 2.45) is 21.6 Å². The molecular formula is C16H31N3O11P2. The molecule has 0 radical (unpaired) electrons. The van der Waals surface area contributed by atoms with Crippen LogP contribution in [0.2, 0.25) is 0 Å². The SMILES string of the molecule is CC(C)OP(=O)(O)OC[C@H](O)[C@@H](C/C=N\C(=O)/N=C(/N)C(C)C=O)OP(=O)(O)OC(C)C. The number of carbonyl (C=O) groups is 2. The molecule has 0 saturated carbocycles. The van der Waals surface area contributed by atoms with Crippen LogP contribution in [0.1, 0.15) is 41.0 Å². The fourth-order valence-corrected chi connectivity index (χ4v) is 3.94. The lowest BCUT2D eigenvalue weighted by molar-refractivity contribution is -0.109. The van der Waals surface area contributed by atoms with Crippen LogP contribution in [0.4, 0.5) is 4.79 Å². The Hall–Kier alpha value is -1.34. The molecular weight excluding hydrogens is 472 g/mol. The Kier molecular flexibility index (Phi) is 13.4. The molecule has 0 fully saturated rings. The van der Waals surface area contributed by atoms with Crippen molar-refractivity contribution < 1.29 is 51.7 Å². The summed E-state index contributed by atoms with van der Waals surface area (Å²) in [5, 5.41) is 10.3. The largest absolute Gasteiger partial charge is 0.472 e. The molecule has 2 amide bonds. The van der Waals surface area contributed by atoms with Crippen LogP contribution in [0, 0.1) is 5.92 Å². The van der Waals surface area contributed by atoms with Gasteiger partial charge in [0, 0.05) is 12.6 Å². The molecule has 0 heterocycles. The van der Waals surface area contributed by atoms with Crippen LogP contribution in [0.3, 0.4) is 0 Å². The molecule has 32 heavy (non-hydrogen) atoms. The molecule has 0 aromatic heterocycles. The number of nitrogens with zero attached hydrogens (tertiary/aromatic N) is 2. The normalized spacial score (nSPS) is 19.5. The number of phosphoric ester groups is 2. The van der Waals surface area contributed by atoms with Crippen molar-refractivity contribution in [3.8, 4) is 0 Å². The number of hydrogen-bond acceptors (Lipinski definition) is 9. The number of phosphoric acid groups is 2. The standard InChI is InChI=1S/C16H31N3O11P2/c1-10(2)28-31(23,24)27-9-13(21)14(30-32(25,26)29-11(3)4)6-7-18-16(22)19-15(17)12(5)8-20/h7-8,10-14,21H,6,9H2,1-5H3,(H,23,24)(H,25,26)(H2,17,19,22)/b18-7-/t12?,13-,14+/m0/s1. The van der Waals surface area contributed by atoms with Gasteiger partial charge in [-0.2, -0.15) is 4.99 Å². The van der Waals surface area contributed by atoms with E-state index in [4.69, 9.17) is 14.8 Å². The van der Waals surface area contributed by atoms with Crippen molar-refractivity contribution in [2.75, 3.05) is 6.61 Å². The molecule has 14 nitrogen and oxygen atoms in total. The fraction of sp³-hybridized carbons (Fsp3) is 0.750. The van der Waals surface area contributed by atoms with Gasteiger partial charge in [-0.25, -0.2) is 18.9 Å². The van der Waals surface area contributed by atoms with E-state index in [1.807, 2.05) is 0 Å². The zero-order chi connectivity index (χ0) is 25.1. The Morgan fingerprint density at radius 1 is 1.03 bits per heavy atom. The molecule has 0 spiro atoms. The summed E-state index contributed by atoms with van der Waals surface area (Å²) >= 11 is 0. The molecule has 0 aliphatic rings. The third-order valence-electron chi connectivity index (χ3n) is 3.23. The average Bonchev–Trinajstić information content (AvgIpc) is 2.62. The van der Waals surface area contributed by atoms with Gasteiger partial charge in [0.15, 0.2) is 0 Å². The van der Waals surface area contributed by atoms with E-state index in [0.29, 0.717) is 6.29 Å². The zero-order valence-electron chi connectivity index (χ0n) is 18.4. The summed E-state index contributed by atoms with van der Waals surface area (Å²) in [6, 6.07) is -1.07. The molecule has 3 unspecified atom stereocenters. The van der Waals surface area contributed by atoms with Crippen LogP contribution in [0.15, 0.2) is 9.98 Å². The van der Waals surface area contributed by atoms with E-state index >= 15 is 0 Å². The van der Waals surface area contributed by atoms with Crippen LogP contribution in [0.5, 0.6) is 0 Å². The molecule has 0 rings (SSSR count). The highest BCUT2D eigenvalue weighted by Crippen LogP contribution is 2.48. The Morgan fingerprint density at radius 2 is 1.56 bits per heavy atom. The number of aldehydes is 1. The molecule has 186 valence electrons. The summed E-state index contributed by atoms with van der Waals surface area (Å²) in [5.74, 6) is -1.07. The second-order valence-electron chi connectivity index (χ2n) is 7.04. The van der Waals surface area contributed by atoms with Crippen molar-refractivity contribution >= 4 is 40.0 Å². The van der Waals surface area contributed by atoms with E-state index in [0.717, 1.165) is 6.21 Å². The fourth-order valence-electron chi connectivity index (χ4n) is 1.85. The van der Waals surface area contributed by atoms with Gasteiger partial charge in [-0.1, -0.05) is 0 Å². The van der Waals surface area contributed by atoms with E-state index in [1.165, 1.54) is 34.6 Å². The summed E-state index contributed by atoms with van der Waals surface area (Å²) in [4.78, 5) is 48.5. The van der Waals surface area contributed by atoms with E-state index in [-0.39, 0.29) is 5.84 Å². The Bertz CT molecular complexity index is 772. The number of rotatable bonds is 14. The summed E-state index contributed by atoms with van der Waals surface area (Å²) in [6.45, 7) is 6.50. The monoisotopic (exact) mass is 503 g/mol. The maximum absolute atomic E-state index is 12.1. The maximum atomic E-state index is 12.1. The number of carbonyl (C=O) groups excluding carboxylic acids is 2. The number of amidine groups is 1. The lowest BCUT2D eigenvalue weighted by atomic mass is 10.1. The van der Waals surface area contributed by atoms with Gasteiger partial charge >= 0.3 is 21.7 Å². The minimum absolute atomic E-state index is 0.266. The topological polar surface area (TPSA) is 217 Å². The van der Waals surface area contributed by atoms with Crippen molar-refractivity contribution in [3.63, 3.8) is 0 Å². The van der Waals surface area contributed by atoms with Gasteiger partial charge in [-0.15, -0.1) is 0 Å². The first kappa shape index (κ1) is 30.7. The number of amides is 2. The summed E-state index contributed by atoms with van der Waals surface area (Å²) in [6.07, 6.45) is -3.67. The van der Waals surface area contributed by atoms with E-state index in [2.05, 4.69) is 19.0 Å². The van der Waals surface area contributed by atoms with Crippen LogP contribution in [0.25, 0.3) is 0 Å². The van der Waals surface area contributed by atoms with E-state index < -0.39 is 65.0 Å². The molecule has 0 aliphatic carbocycles. The molecule has 0 aromatic carbocycles. The quantitative estimate of drug-likeness (QED) is 0.115. The Balaban J connectivity index is 5.34. The van der Waals surface area contributed by atoms with Crippen LogP contribution < -0.4 is 5.73 Å². The minimum Gasteiger partial charge on any atom is -0.388 e. The molecule has 0 aliphatic heterocycles. The van der Waals surface area contributed by atoms with Gasteiger partial charge in [0.25, 0.3) is 0 Å². The average molecular weight is 503 g/mol. The summed E-state index contributed by atoms with van der Waals surface area (Å²) < 4.78 is 42.9. The minimum atomic E-state index is -4.66. The van der Waals surface area contributed by atoms with Crippen LogP contribution in [-0.2, 0) is 32.0 Å². The second kappa shape index (κ2) is 14.0. The van der Waals surface area contributed by atoms with Gasteiger partial charge < -0.3 is 25.4 Å². The number of aliphatic imine (C=N–C) groups is 2. The van der Waals surface area contributed by atoms with E-state index in [9.17, 15) is 33.6 Å². The Morgan fingerprint density at radius 3 is 2.06 bits per heavy atom. The molecule has 0 saturated heterocycles. The molecule has 5 atom stereocenters. The third kappa shape index (κ3) is 13.9. The van der Waals surface area contributed by atoms with Crippen LogP contribution >= 0.6 is 15.6 Å². The molecule has 0 bridgehead atoms. The first-order valence-electron chi connectivity index (χ1n) is 9.47. The third-order valence-corrected chi connectivity index (χ3v) is 5.62. The lowest BCUT2D eigenvalue weighted by Crippen LogP contribution is -2.33. The highest BCUT2D eigenvalue weighted by atomic mass is 31.2. The predicted molar refractivity (Wildman–Crippen MR) is 114 cm³/mol. The predicted octanol–water partition coefficient (Wildman–Crippen LogP) is 1.57. The van der Waals surface area contributed by atoms with Gasteiger partial charge in [0.05, 0.1) is 24.7 Å². The zero-order valence-corrected chi connectivity index (χ0v) is 20.2. The number of hydrogen-bond donors (Lipinski definition) is 4. The first-order valence-corrected chi connectivity index (χ1v) is 12.5. The summed E-state index contributed by atoms with van der Waals surface area (Å²) in [7, 11) is -9.17. The highest BCUT2D eigenvalue weighted by molar-refractivity contribution is 7.47. The van der Waals surface area contributed by atoms with Crippen molar-refractivity contribution in [2.45, 2.75) is 65.5 Å². The Labute approximate surface area is 186 Å². The smallest absolute Gasteiger partial charge is 0.388 e. The summed E-state index contributed by atoms with van der Waals surface area (Å²) in [5.41, 5.74) is 5.45. The van der Waals surface area contributed by atoms with Gasteiger partial charge in [-0.3, -0.25) is 18.1 Å². The van der Waals surface area contributed by atoms with Crippen molar-refractivity contribution in [1.82, 2.24) is 0 Å². The van der Waals surface area contributed by atoms with Gasteiger partial charge in [0.2, 0.25) is 0 Å². The number of urea groups is 1. The first-order chi connectivity index (χ1) is 14.6. The van der Waals surface area contributed by atoms with Gasteiger partial charge in [-0.05, 0) is 34.6 Å². The van der Waals surface area contributed by atoms with Gasteiger partial charge in [0.1, 0.15) is 24.3 Å². The lowest BCUT2D eigenvalue weighted by Gasteiger charge is -2.25. The number of nitrogens with two attached hydrogens (primary N) is 1. The van der Waals surface area contributed by atoms with E-state index in [1.54, 1.807) is 0 Å².